The Kier molecular flexibility index (Phi) is 1.28. The van der Waals surface area contributed by atoms with Crippen LogP contribution in [0.1, 0.15) is 0 Å². The molecule has 0 aliphatic carbocycles. The molecule has 0 aromatic carbocycles. The fourth-order valence-electron chi connectivity index (χ4n) is 1.55. The van der Waals surface area contributed by atoms with Gasteiger partial charge in [0.1, 0.15) is 17.0 Å². The van der Waals surface area contributed by atoms with E-state index in [0.29, 0.717) is 5.82 Å². The molecule has 0 aliphatic rings. The molecule has 0 saturated carbocycles. The van der Waals surface area contributed by atoms with E-state index in [4.69, 9.17) is 5.73 Å². The van der Waals surface area contributed by atoms with Crippen LogP contribution in [0.25, 0.3) is 16.8 Å². The molecule has 2 N–H and O–H groups in total. The molecule has 3 aromatic rings. The number of hydrogen-bond donors (Lipinski definition) is 1. The Morgan fingerprint density at radius 2 is 2.00 bits per heavy atom. The van der Waals surface area contributed by atoms with Crippen LogP contribution in [0, 0.1) is 0 Å². The minimum atomic E-state index is 0.517. The van der Waals surface area contributed by atoms with E-state index in [1.807, 2.05) is 34.9 Å². The Bertz CT molecular complexity index is 612. The van der Waals surface area contributed by atoms with Gasteiger partial charge in [0.05, 0.1) is 0 Å². The SMILES string of the molecule is Nc1ccc2nc3ccccn3c2n1. The summed E-state index contributed by atoms with van der Waals surface area (Å²) in [6, 6.07) is 9.47. The molecule has 4 heteroatoms. The van der Waals surface area contributed by atoms with Crippen molar-refractivity contribution in [3.63, 3.8) is 0 Å². The minimum absolute atomic E-state index is 0.517. The van der Waals surface area contributed by atoms with E-state index < -0.39 is 0 Å². The quantitative estimate of drug-likeness (QED) is 0.575. The summed E-state index contributed by atoms with van der Waals surface area (Å²) in [5.74, 6) is 0.517. The van der Waals surface area contributed by atoms with Gasteiger partial charge in [0.15, 0.2) is 5.65 Å². The van der Waals surface area contributed by atoms with Gasteiger partial charge in [0, 0.05) is 6.20 Å². The van der Waals surface area contributed by atoms with E-state index in [-0.39, 0.29) is 0 Å². The number of fused-ring (bicyclic) bond motifs is 3. The second kappa shape index (κ2) is 2.45. The summed E-state index contributed by atoms with van der Waals surface area (Å²) in [6.07, 6.45) is 1.93. The van der Waals surface area contributed by atoms with Gasteiger partial charge in [-0.1, -0.05) is 6.07 Å². The van der Waals surface area contributed by atoms with E-state index in [9.17, 15) is 0 Å². The summed E-state index contributed by atoms with van der Waals surface area (Å²) in [7, 11) is 0. The third-order valence-electron chi connectivity index (χ3n) is 2.18. The molecule has 0 spiro atoms. The molecule has 3 aromatic heterocycles. The zero-order valence-electron chi connectivity index (χ0n) is 7.38. The van der Waals surface area contributed by atoms with Crippen LogP contribution in [0.15, 0.2) is 36.5 Å². The highest BCUT2D eigenvalue weighted by atomic mass is 15.1. The largest absolute Gasteiger partial charge is 0.384 e. The second-order valence-corrected chi connectivity index (χ2v) is 3.12. The summed E-state index contributed by atoms with van der Waals surface area (Å²) >= 11 is 0. The normalized spacial score (nSPS) is 11.1. The first-order valence-corrected chi connectivity index (χ1v) is 4.34. The highest BCUT2D eigenvalue weighted by Crippen LogP contribution is 2.15. The summed E-state index contributed by atoms with van der Waals surface area (Å²) < 4.78 is 1.92. The van der Waals surface area contributed by atoms with Crippen molar-refractivity contribution in [2.75, 3.05) is 5.73 Å². The fourth-order valence-corrected chi connectivity index (χ4v) is 1.55. The lowest BCUT2D eigenvalue weighted by molar-refractivity contribution is 1.19. The van der Waals surface area contributed by atoms with Crippen LogP contribution in [-0.2, 0) is 0 Å². The van der Waals surface area contributed by atoms with E-state index in [1.165, 1.54) is 0 Å². The lowest BCUT2D eigenvalue weighted by atomic mass is 10.4. The molecular weight excluding hydrogens is 176 g/mol. The predicted octanol–water partition coefficient (Wildman–Crippen LogP) is 1.46. The summed E-state index contributed by atoms with van der Waals surface area (Å²) in [5, 5.41) is 0. The Hall–Kier alpha value is -2.10. The number of aromatic nitrogens is 3. The van der Waals surface area contributed by atoms with Gasteiger partial charge < -0.3 is 5.73 Å². The maximum atomic E-state index is 5.62. The molecule has 0 saturated heterocycles. The van der Waals surface area contributed by atoms with Crippen LogP contribution in [0.5, 0.6) is 0 Å². The summed E-state index contributed by atoms with van der Waals surface area (Å²) in [5.41, 5.74) is 8.18. The highest BCUT2D eigenvalue weighted by molar-refractivity contribution is 5.77. The fraction of sp³-hybridized carbons (Fsp3) is 0. The van der Waals surface area contributed by atoms with Gasteiger partial charge in [-0.15, -0.1) is 0 Å². The zero-order chi connectivity index (χ0) is 9.54. The minimum Gasteiger partial charge on any atom is -0.384 e. The molecule has 0 bridgehead atoms. The molecule has 4 nitrogen and oxygen atoms in total. The van der Waals surface area contributed by atoms with Crippen molar-refractivity contribution in [3.05, 3.63) is 36.5 Å². The van der Waals surface area contributed by atoms with Crippen LogP contribution >= 0.6 is 0 Å². The van der Waals surface area contributed by atoms with Crippen molar-refractivity contribution >= 4 is 22.6 Å². The van der Waals surface area contributed by atoms with Crippen molar-refractivity contribution in [2.24, 2.45) is 0 Å². The number of nitrogen functional groups attached to an aromatic ring is 1. The van der Waals surface area contributed by atoms with Gasteiger partial charge in [0.2, 0.25) is 0 Å². The predicted molar refractivity (Wildman–Crippen MR) is 54.9 cm³/mol. The van der Waals surface area contributed by atoms with Gasteiger partial charge in [-0.25, -0.2) is 9.97 Å². The Labute approximate surface area is 80.0 Å². The molecule has 0 radical (unpaired) electrons. The van der Waals surface area contributed by atoms with Crippen LogP contribution in [0.4, 0.5) is 5.82 Å². The van der Waals surface area contributed by atoms with Crippen molar-refractivity contribution < 1.29 is 0 Å². The van der Waals surface area contributed by atoms with Crippen LogP contribution in [0.2, 0.25) is 0 Å². The maximum Gasteiger partial charge on any atom is 0.166 e. The standard InChI is InChI=1S/C10H8N4/c11-8-5-4-7-10(13-8)14-6-2-1-3-9(14)12-7/h1-6H,(H2,11,13). The number of pyridine rings is 2. The smallest absolute Gasteiger partial charge is 0.166 e. The van der Waals surface area contributed by atoms with Crippen molar-refractivity contribution in [1.82, 2.24) is 14.4 Å². The van der Waals surface area contributed by atoms with Gasteiger partial charge in [-0.2, -0.15) is 0 Å². The van der Waals surface area contributed by atoms with Gasteiger partial charge >= 0.3 is 0 Å². The molecule has 0 aliphatic heterocycles. The average Bonchev–Trinajstić information content (AvgIpc) is 2.56. The Morgan fingerprint density at radius 1 is 1.07 bits per heavy atom. The van der Waals surface area contributed by atoms with Crippen LogP contribution in [-0.4, -0.2) is 14.4 Å². The highest BCUT2D eigenvalue weighted by Gasteiger charge is 2.03. The number of anilines is 1. The molecular formula is C10H8N4. The summed E-state index contributed by atoms with van der Waals surface area (Å²) in [6.45, 7) is 0. The monoisotopic (exact) mass is 184 g/mol. The Balaban J connectivity index is 2.58. The molecule has 68 valence electrons. The van der Waals surface area contributed by atoms with Crippen molar-refractivity contribution in [3.8, 4) is 0 Å². The Morgan fingerprint density at radius 3 is 2.93 bits per heavy atom. The summed E-state index contributed by atoms with van der Waals surface area (Å²) in [4.78, 5) is 8.64. The first kappa shape index (κ1) is 7.32. The second-order valence-electron chi connectivity index (χ2n) is 3.12. The van der Waals surface area contributed by atoms with E-state index in [0.717, 1.165) is 16.8 Å². The molecule has 0 amide bonds. The van der Waals surface area contributed by atoms with Gasteiger partial charge in [-0.05, 0) is 24.3 Å². The van der Waals surface area contributed by atoms with E-state index >= 15 is 0 Å². The van der Waals surface area contributed by atoms with Gasteiger partial charge in [-0.3, -0.25) is 4.40 Å². The van der Waals surface area contributed by atoms with Crippen molar-refractivity contribution in [2.45, 2.75) is 0 Å². The number of rotatable bonds is 0. The topological polar surface area (TPSA) is 56.2 Å². The molecule has 3 rings (SSSR count). The molecule has 0 fully saturated rings. The molecule has 3 heterocycles. The lowest BCUT2D eigenvalue weighted by Gasteiger charge is -1.93. The molecule has 0 unspecified atom stereocenters. The van der Waals surface area contributed by atoms with E-state index in [1.54, 1.807) is 6.07 Å². The third-order valence-corrected chi connectivity index (χ3v) is 2.18. The molecule has 14 heavy (non-hydrogen) atoms. The third kappa shape index (κ3) is 0.877. The van der Waals surface area contributed by atoms with Gasteiger partial charge in [0.25, 0.3) is 0 Å². The lowest BCUT2D eigenvalue weighted by Crippen LogP contribution is -1.91. The van der Waals surface area contributed by atoms with Crippen LogP contribution in [0.3, 0.4) is 0 Å². The van der Waals surface area contributed by atoms with Crippen molar-refractivity contribution in [1.29, 1.82) is 0 Å². The number of imidazole rings is 1. The number of hydrogen-bond acceptors (Lipinski definition) is 3. The van der Waals surface area contributed by atoms with Crippen LogP contribution < -0.4 is 5.73 Å². The first-order valence-electron chi connectivity index (χ1n) is 4.34. The number of nitrogens with two attached hydrogens (primary N) is 1. The maximum absolute atomic E-state index is 5.62. The first-order chi connectivity index (χ1) is 6.84. The van der Waals surface area contributed by atoms with E-state index in [2.05, 4.69) is 9.97 Å². The average molecular weight is 184 g/mol. The number of nitrogens with zero attached hydrogens (tertiary/aromatic N) is 3. The zero-order valence-corrected chi connectivity index (χ0v) is 7.38. The molecule has 0 atom stereocenters.